The Morgan fingerprint density at radius 1 is 1.50 bits per heavy atom. The molecule has 0 aliphatic heterocycles. The molecule has 0 radical (unpaired) electrons. The summed E-state index contributed by atoms with van der Waals surface area (Å²) in [6.07, 6.45) is 2.44. The molecule has 0 atom stereocenters. The van der Waals surface area contributed by atoms with E-state index in [1.54, 1.807) is 18.0 Å². The second kappa shape index (κ2) is 6.08. The Hall–Kier alpha value is -1.61. The molecule has 0 spiro atoms. The number of carbonyl (C=O) groups excluding carboxylic acids is 1. The van der Waals surface area contributed by atoms with Gasteiger partial charge in [-0.3, -0.25) is 4.79 Å². The standard InChI is InChI=1S/C13H18N2O/c1-3-10-15(2)13(16)12-7-5-4-6-11(12)8-9-14/h3-7H,1,8-10,14H2,2H3. The normalized spacial score (nSPS) is 9.88. The minimum Gasteiger partial charge on any atom is -0.338 e. The number of hydrogen-bond donors (Lipinski definition) is 1. The van der Waals surface area contributed by atoms with Crippen LogP contribution in [0.25, 0.3) is 0 Å². The Bertz CT molecular complexity index is 374. The Morgan fingerprint density at radius 3 is 2.81 bits per heavy atom. The summed E-state index contributed by atoms with van der Waals surface area (Å²) in [5.41, 5.74) is 7.26. The van der Waals surface area contributed by atoms with Crippen molar-refractivity contribution >= 4 is 5.91 Å². The van der Waals surface area contributed by atoms with Crippen LogP contribution in [0.1, 0.15) is 15.9 Å². The smallest absolute Gasteiger partial charge is 0.254 e. The van der Waals surface area contributed by atoms with Crippen LogP contribution in [0.2, 0.25) is 0 Å². The van der Waals surface area contributed by atoms with Gasteiger partial charge in [0, 0.05) is 19.2 Å². The SMILES string of the molecule is C=CCN(C)C(=O)c1ccccc1CCN. The average Bonchev–Trinajstić information content (AvgIpc) is 2.29. The molecule has 1 amide bonds. The predicted octanol–water partition coefficient (Wildman–Crippen LogP) is 1.45. The zero-order chi connectivity index (χ0) is 12.0. The van der Waals surface area contributed by atoms with E-state index >= 15 is 0 Å². The Morgan fingerprint density at radius 2 is 2.19 bits per heavy atom. The van der Waals surface area contributed by atoms with E-state index < -0.39 is 0 Å². The van der Waals surface area contributed by atoms with Crippen LogP contribution in [0.15, 0.2) is 36.9 Å². The van der Waals surface area contributed by atoms with Crippen molar-refractivity contribution in [3.05, 3.63) is 48.0 Å². The van der Waals surface area contributed by atoms with Gasteiger partial charge in [0.15, 0.2) is 0 Å². The van der Waals surface area contributed by atoms with Gasteiger partial charge in [0.2, 0.25) is 0 Å². The van der Waals surface area contributed by atoms with Crippen LogP contribution in [0, 0.1) is 0 Å². The lowest BCUT2D eigenvalue weighted by molar-refractivity contribution is 0.0809. The van der Waals surface area contributed by atoms with Crippen molar-refractivity contribution in [1.29, 1.82) is 0 Å². The van der Waals surface area contributed by atoms with Gasteiger partial charge in [-0.05, 0) is 24.6 Å². The molecular formula is C13H18N2O. The molecule has 0 saturated carbocycles. The average molecular weight is 218 g/mol. The number of benzene rings is 1. The molecule has 0 saturated heterocycles. The van der Waals surface area contributed by atoms with Crippen molar-refractivity contribution in [2.45, 2.75) is 6.42 Å². The Kier molecular flexibility index (Phi) is 4.73. The second-order valence-corrected chi connectivity index (χ2v) is 3.67. The summed E-state index contributed by atoms with van der Waals surface area (Å²) in [6, 6.07) is 7.58. The van der Waals surface area contributed by atoms with E-state index in [0.29, 0.717) is 13.1 Å². The number of hydrogen-bond acceptors (Lipinski definition) is 2. The molecule has 0 unspecified atom stereocenters. The topological polar surface area (TPSA) is 46.3 Å². The molecule has 0 heterocycles. The fraction of sp³-hybridized carbons (Fsp3) is 0.308. The second-order valence-electron chi connectivity index (χ2n) is 3.67. The van der Waals surface area contributed by atoms with E-state index in [1.165, 1.54) is 0 Å². The molecule has 86 valence electrons. The summed E-state index contributed by atoms with van der Waals surface area (Å²) >= 11 is 0. The number of rotatable bonds is 5. The van der Waals surface area contributed by atoms with Crippen molar-refractivity contribution in [2.75, 3.05) is 20.1 Å². The lowest BCUT2D eigenvalue weighted by Gasteiger charge is -2.17. The minimum absolute atomic E-state index is 0.0175. The summed E-state index contributed by atoms with van der Waals surface area (Å²) in [4.78, 5) is 13.7. The van der Waals surface area contributed by atoms with E-state index in [0.717, 1.165) is 17.5 Å². The van der Waals surface area contributed by atoms with Gasteiger partial charge < -0.3 is 10.6 Å². The highest BCUT2D eigenvalue weighted by atomic mass is 16.2. The first-order valence-corrected chi connectivity index (χ1v) is 5.35. The lowest BCUT2D eigenvalue weighted by atomic mass is 10.0. The number of nitrogens with zero attached hydrogens (tertiary/aromatic N) is 1. The molecule has 2 N–H and O–H groups in total. The number of likely N-dealkylation sites (N-methyl/N-ethyl adjacent to an activating group) is 1. The van der Waals surface area contributed by atoms with Crippen LogP contribution in [0.5, 0.6) is 0 Å². The van der Waals surface area contributed by atoms with Crippen LogP contribution in [0.3, 0.4) is 0 Å². The fourth-order valence-corrected chi connectivity index (χ4v) is 1.58. The lowest BCUT2D eigenvalue weighted by Crippen LogP contribution is -2.27. The maximum atomic E-state index is 12.1. The van der Waals surface area contributed by atoms with Crippen molar-refractivity contribution < 1.29 is 4.79 Å². The molecule has 16 heavy (non-hydrogen) atoms. The highest BCUT2D eigenvalue weighted by Crippen LogP contribution is 2.11. The molecule has 1 rings (SSSR count). The molecule has 1 aromatic rings. The van der Waals surface area contributed by atoms with Crippen LogP contribution in [0.4, 0.5) is 0 Å². The zero-order valence-corrected chi connectivity index (χ0v) is 9.65. The summed E-state index contributed by atoms with van der Waals surface area (Å²) in [7, 11) is 1.77. The van der Waals surface area contributed by atoms with Gasteiger partial charge in [0.05, 0.1) is 0 Å². The molecule has 0 bridgehead atoms. The molecule has 3 heteroatoms. The molecule has 0 aromatic heterocycles. The molecule has 0 aliphatic carbocycles. The van der Waals surface area contributed by atoms with Gasteiger partial charge in [-0.2, -0.15) is 0 Å². The quantitative estimate of drug-likeness (QED) is 0.760. The van der Waals surface area contributed by atoms with Crippen LogP contribution < -0.4 is 5.73 Å². The summed E-state index contributed by atoms with van der Waals surface area (Å²) in [5, 5.41) is 0. The first-order valence-electron chi connectivity index (χ1n) is 5.35. The Labute approximate surface area is 96.6 Å². The Balaban J connectivity index is 2.93. The summed E-state index contributed by atoms with van der Waals surface area (Å²) in [6.45, 7) is 4.72. The number of nitrogens with two attached hydrogens (primary N) is 1. The molecule has 0 fully saturated rings. The molecule has 1 aromatic carbocycles. The van der Waals surface area contributed by atoms with E-state index in [-0.39, 0.29) is 5.91 Å². The third-order valence-corrected chi connectivity index (χ3v) is 2.41. The maximum absolute atomic E-state index is 12.1. The summed E-state index contributed by atoms with van der Waals surface area (Å²) in [5.74, 6) is 0.0175. The minimum atomic E-state index is 0.0175. The molecule has 0 aliphatic rings. The van der Waals surface area contributed by atoms with Gasteiger partial charge in [-0.25, -0.2) is 0 Å². The van der Waals surface area contributed by atoms with Crippen LogP contribution in [-0.2, 0) is 6.42 Å². The van der Waals surface area contributed by atoms with Crippen LogP contribution in [-0.4, -0.2) is 30.9 Å². The predicted molar refractivity (Wildman–Crippen MR) is 66.4 cm³/mol. The van der Waals surface area contributed by atoms with E-state index in [9.17, 15) is 4.79 Å². The van der Waals surface area contributed by atoms with Crippen molar-refractivity contribution in [3.8, 4) is 0 Å². The highest BCUT2D eigenvalue weighted by Gasteiger charge is 2.13. The number of amides is 1. The molecular weight excluding hydrogens is 200 g/mol. The van der Waals surface area contributed by atoms with Crippen molar-refractivity contribution in [1.82, 2.24) is 4.90 Å². The maximum Gasteiger partial charge on any atom is 0.254 e. The van der Waals surface area contributed by atoms with Crippen molar-refractivity contribution in [3.63, 3.8) is 0 Å². The van der Waals surface area contributed by atoms with Crippen LogP contribution >= 0.6 is 0 Å². The first kappa shape index (κ1) is 12.5. The van der Waals surface area contributed by atoms with E-state index in [1.807, 2.05) is 24.3 Å². The monoisotopic (exact) mass is 218 g/mol. The summed E-state index contributed by atoms with van der Waals surface area (Å²) < 4.78 is 0. The van der Waals surface area contributed by atoms with Crippen molar-refractivity contribution in [2.24, 2.45) is 5.73 Å². The van der Waals surface area contributed by atoms with Gasteiger partial charge >= 0.3 is 0 Å². The third kappa shape index (κ3) is 2.94. The van der Waals surface area contributed by atoms with E-state index in [4.69, 9.17) is 5.73 Å². The van der Waals surface area contributed by atoms with E-state index in [2.05, 4.69) is 6.58 Å². The first-order chi connectivity index (χ1) is 7.70. The van der Waals surface area contributed by atoms with Gasteiger partial charge in [-0.1, -0.05) is 24.3 Å². The molecule has 3 nitrogen and oxygen atoms in total. The fourth-order valence-electron chi connectivity index (χ4n) is 1.58. The van der Waals surface area contributed by atoms with Gasteiger partial charge in [-0.15, -0.1) is 6.58 Å². The largest absolute Gasteiger partial charge is 0.338 e. The zero-order valence-electron chi connectivity index (χ0n) is 9.65. The van der Waals surface area contributed by atoms with Gasteiger partial charge in [0.25, 0.3) is 5.91 Å². The third-order valence-electron chi connectivity index (χ3n) is 2.41. The number of carbonyl (C=O) groups is 1. The highest BCUT2D eigenvalue weighted by molar-refractivity contribution is 5.95. The van der Waals surface area contributed by atoms with Gasteiger partial charge in [0.1, 0.15) is 0 Å².